The van der Waals surface area contributed by atoms with Crippen LogP contribution in [0.25, 0.3) is 11.3 Å². The van der Waals surface area contributed by atoms with Gasteiger partial charge in [-0.3, -0.25) is 4.79 Å². The molecule has 1 aromatic carbocycles. The molecule has 0 unspecified atom stereocenters. The summed E-state index contributed by atoms with van der Waals surface area (Å²) in [5.74, 6) is 0. The second-order valence-corrected chi connectivity index (χ2v) is 3.21. The normalized spacial score (nSPS) is 10.1. The summed E-state index contributed by atoms with van der Waals surface area (Å²) in [4.78, 5) is 14.5. The molecule has 70 valence electrons. The van der Waals surface area contributed by atoms with Gasteiger partial charge in [0.25, 0.3) is 0 Å². The van der Waals surface area contributed by atoms with Crippen molar-refractivity contribution >= 4 is 0 Å². The van der Waals surface area contributed by atoms with Crippen LogP contribution in [0.1, 0.15) is 5.56 Å². The van der Waals surface area contributed by atoms with Crippen molar-refractivity contribution in [2.45, 2.75) is 6.92 Å². The number of hydrogen-bond acceptors (Lipinski definition) is 1. The molecule has 1 N–H and O–H groups in total. The maximum absolute atomic E-state index is 11.4. The fourth-order valence-corrected chi connectivity index (χ4v) is 1.46. The van der Waals surface area contributed by atoms with E-state index in [1.165, 1.54) is 0 Å². The van der Waals surface area contributed by atoms with Crippen LogP contribution in [0.4, 0.5) is 0 Å². The van der Waals surface area contributed by atoms with Crippen LogP contribution in [0.15, 0.2) is 47.4 Å². The summed E-state index contributed by atoms with van der Waals surface area (Å²) >= 11 is 0. The van der Waals surface area contributed by atoms with Crippen LogP contribution in [0, 0.1) is 6.92 Å². The first-order valence-corrected chi connectivity index (χ1v) is 4.53. The molecule has 14 heavy (non-hydrogen) atoms. The van der Waals surface area contributed by atoms with Crippen molar-refractivity contribution < 1.29 is 0 Å². The third-order valence-corrected chi connectivity index (χ3v) is 2.27. The summed E-state index contributed by atoms with van der Waals surface area (Å²) in [5.41, 5.74) is 2.78. The molecule has 0 radical (unpaired) electrons. The van der Waals surface area contributed by atoms with Gasteiger partial charge in [0.15, 0.2) is 5.43 Å². The topological polar surface area (TPSA) is 32.9 Å². The molecule has 0 aliphatic carbocycles. The summed E-state index contributed by atoms with van der Waals surface area (Å²) < 4.78 is 0. The van der Waals surface area contributed by atoms with Gasteiger partial charge in [-0.2, -0.15) is 0 Å². The molecule has 0 spiro atoms. The predicted molar refractivity (Wildman–Crippen MR) is 57.2 cm³/mol. The van der Waals surface area contributed by atoms with E-state index in [-0.39, 0.29) is 5.43 Å². The molecule has 0 amide bonds. The number of aromatic nitrogens is 1. The zero-order valence-electron chi connectivity index (χ0n) is 7.95. The minimum Gasteiger partial charge on any atom is -0.361 e. The van der Waals surface area contributed by atoms with Crippen molar-refractivity contribution in [3.8, 4) is 11.3 Å². The highest BCUT2D eigenvalue weighted by Gasteiger charge is 2.02. The van der Waals surface area contributed by atoms with Crippen molar-refractivity contribution in [1.82, 2.24) is 4.98 Å². The fraction of sp³-hybridized carbons (Fsp3) is 0.0833. The molecular formula is C12H11NO. The van der Waals surface area contributed by atoms with Gasteiger partial charge in [-0.1, -0.05) is 30.3 Å². The van der Waals surface area contributed by atoms with Crippen LogP contribution >= 0.6 is 0 Å². The Kier molecular flexibility index (Phi) is 2.19. The molecule has 0 atom stereocenters. The first kappa shape index (κ1) is 8.75. The van der Waals surface area contributed by atoms with Crippen LogP contribution in [0.2, 0.25) is 0 Å². The van der Waals surface area contributed by atoms with Crippen molar-refractivity contribution in [1.29, 1.82) is 0 Å². The highest BCUT2D eigenvalue weighted by Crippen LogP contribution is 2.17. The van der Waals surface area contributed by atoms with Crippen molar-refractivity contribution in [3.63, 3.8) is 0 Å². The number of hydrogen-bond donors (Lipinski definition) is 1. The number of rotatable bonds is 1. The first-order chi connectivity index (χ1) is 6.79. The number of aromatic amines is 1. The van der Waals surface area contributed by atoms with Gasteiger partial charge in [0.2, 0.25) is 0 Å². The molecule has 1 aromatic heterocycles. The molecule has 0 saturated carbocycles. The quantitative estimate of drug-likeness (QED) is 0.726. The zero-order valence-corrected chi connectivity index (χ0v) is 7.95. The third kappa shape index (κ3) is 1.46. The second kappa shape index (κ2) is 3.50. The number of benzene rings is 1. The molecule has 2 heteroatoms. The van der Waals surface area contributed by atoms with Crippen LogP contribution in [0.3, 0.4) is 0 Å². The van der Waals surface area contributed by atoms with Gasteiger partial charge < -0.3 is 4.98 Å². The number of nitrogens with one attached hydrogen (secondary N) is 1. The lowest BCUT2D eigenvalue weighted by Gasteiger charge is -2.03. The summed E-state index contributed by atoms with van der Waals surface area (Å²) in [6.45, 7) is 1.83. The molecule has 0 saturated heterocycles. The van der Waals surface area contributed by atoms with Gasteiger partial charge in [-0.25, -0.2) is 0 Å². The lowest BCUT2D eigenvalue weighted by Crippen LogP contribution is -2.05. The predicted octanol–water partition coefficient (Wildman–Crippen LogP) is 2.35. The zero-order chi connectivity index (χ0) is 9.97. The van der Waals surface area contributed by atoms with Gasteiger partial charge >= 0.3 is 0 Å². The van der Waals surface area contributed by atoms with E-state index < -0.39 is 0 Å². The van der Waals surface area contributed by atoms with Crippen molar-refractivity contribution in [2.24, 2.45) is 0 Å². The van der Waals surface area contributed by atoms with Gasteiger partial charge in [-0.05, 0) is 12.5 Å². The Morgan fingerprint density at radius 1 is 1.07 bits per heavy atom. The molecule has 2 aromatic rings. The SMILES string of the molecule is Cc1c(-c2ccccc2)[nH]ccc1=O. The van der Waals surface area contributed by atoms with Gasteiger partial charge in [0.05, 0.1) is 5.69 Å². The summed E-state index contributed by atoms with van der Waals surface area (Å²) in [7, 11) is 0. The van der Waals surface area contributed by atoms with E-state index >= 15 is 0 Å². The Labute approximate surface area is 82.2 Å². The minimum atomic E-state index is 0.0719. The molecule has 1 heterocycles. The lowest BCUT2D eigenvalue weighted by molar-refractivity contribution is 1.24. The Hall–Kier alpha value is -1.83. The average molecular weight is 185 g/mol. The van der Waals surface area contributed by atoms with Crippen LogP contribution in [-0.2, 0) is 0 Å². The van der Waals surface area contributed by atoms with Crippen LogP contribution in [-0.4, -0.2) is 4.98 Å². The van der Waals surface area contributed by atoms with E-state index in [9.17, 15) is 4.79 Å². The van der Waals surface area contributed by atoms with E-state index in [0.29, 0.717) is 0 Å². The van der Waals surface area contributed by atoms with Crippen LogP contribution < -0.4 is 5.43 Å². The molecule has 0 bridgehead atoms. The van der Waals surface area contributed by atoms with Gasteiger partial charge in [0, 0.05) is 17.8 Å². The molecule has 0 aliphatic rings. The van der Waals surface area contributed by atoms with Crippen molar-refractivity contribution in [2.75, 3.05) is 0 Å². The van der Waals surface area contributed by atoms with E-state index in [1.807, 2.05) is 37.3 Å². The Morgan fingerprint density at radius 3 is 2.50 bits per heavy atom. The maximum atomic E-state index is 11.4. The molecule has 2 nitrogen and oxygen atoms in total. The Morgan fingerprint density at radius 2 is 1.79 bits per heavy atom. The van der Waals surface area contributed by atoms with Crippen LogP contribution in [0.5, 0.6) is 0 Å². The minimum absolute atomic E-state index is 0.0719. The van der Waals surface area contributed by atoms with E-state index in [0.717, 1.165) is 16.8 Å². The highest BCUT2D eigenvalue weighted by atomic mass is 16.1. The summed E-state index contributed by atoms with van der Waals surface area (Å²) in [6, 6.07) is 11.4. The van der Waals surface area contributed by atoms with E-state index in [1.54, 1.807) is 12.3 Å². The Balaban J connectivity index is 2.64. The smallest absolute Gasteiger partial charge is 0.185 e. The largest absolute Gasteiger partial charge is 0.361 e. The highest BCUT2D eigenvalue weighted by molar-refractivity contribution is 5.62. The number of H-pyrrole nitrogens is 1. The standard InChI is InChI=1S/C12H11NO/c1-9-11(14)7-8-13-12(9)10-5-3-2-4-6-10/h2-8H,1H3,(H,13,14). The Bertz CT molecular complexity index is 485. The third-order valence-electron chi connectivity index (χ3n) is 2.27. The van der Waals surface area contributed by atoms with Crippen molar-refractivity contribution in [3.05, 3.63) is 58.4 Å². The fourth-order valence-electron chi connectivity index (χ4n) is 1.46. The first-order valence-electron chi connectivity index (χ1n) is 4.53. The summed E-state index contributed by atoms with van der Waals surface area (Å²) in [5, 5.41) is 0. The molecule has 2 rings (SSSR count). The number of pyridine rings is 1. The monoisotopic (exact) mass is 185 g/mol. The van der Waals surface area contributed by atoms with Gasteiger partial charge in [-0.15, -0.1) is 0 Å². The van der Waals surface area contributed by atoms with E-state index in [2.05, 4.69) is 4.98 Å². The lowest BCUT2D eigenvalue weighted by atomic mass is 10.1. The molecular weight excluding hydrogens is 174 g/mol. The van der Waals surface area contributed by atoms with E-state index in [4.69, 9.17) is 0 Å². The summed E-state index contributed by atoms with van der Waals surface area (Å²) in [6.07, 6.45) is 1.68. The average Bonchev–Trinajstić information content (AvgIpc) is 2.23. The second-order valence-electron chi connectivity index (χ2n) is 3.21. The molecule has 0 fully saturated rings. The van der Waals surface area contributed by atoms with Gasteiger partial charge in [0.1, 0.15) is 0 Å². The molecule has 0 aliphatic heterocycles. The maximum Gasteiger partial charge on any atom is 0.185 e.